The number of anilines is 1. The summed E-state index contributed by atoms with van der Waals surface area (Å²) in [6, 6.07) is 8.02. The molecule has 1 aromatic carbocycles. The second-order valence-electron chi connectivity index (χ2n) is 4.74. The highest BCUT2D eigenvalue weighted by Crippen LogP contribution is 2.11. The molecule has 0 heterocycles. The molecule has 114 valence electrons. The molecule has 3 heteroatoms. The molecule has 0 aromatic heterocycles. The van der Waals surface area contributed by atoms with E-state index in [1.807, 2.05) is 52.0 Å². The van der Waals surface area contributed by atoms with Crippen LogP contribution in [0.1, 0.15) is 53.0 Å². The molecule has 20 heavy (non-hydrogen) atoms. The molecular weight excluding hydrogens is 250 g/mol. The van der Waals surface area contributed by atoms with Crippen LogP contribution in [-0.2, 0) is 16.1 Å². The highest BCUT2D eigenvalue weighted by molar-refractivity contribution is 5.71. The maximum atomic E-state index is 11.3. The second-order valence-corrected chi connectivity index (χ2v) is 4.74. The molecule has 0 unspecified atom stereocenters. The largest absolute Gasteiger partial charge is 0.461 e. The summed E-state index contributed by atoms with van der Waals surface area (Å²) in [4.78, 5) is 11.3. The van der Waals surface area contributed by atoms with E-state index in [2.05, 4.69) is 12.2 Å². The molecule has 0 spiro atoms. The van der Waals surface area contributed by atoms with Crippen LogP contribution in [0, 0.1) is 5.92 Å². The van der Waals surface area contributed by atoms with E-state index < -0.39 is 0 Å². The van der Waals surface area contributed by atoms with E-state index >= 15 is 0 Å². The Hall–Kier alpha value is -1.51. The predicted octanol–water partition coefficient (Wildman–Crippen LogP) is 4.62. The average molecular weight is 279 g/mol. The van der Waals surface area contributed by atoms with Crippen molar-refractivity contribution in [2.75, 3.05) is 11.9 Å². The second kappa shape index (κ2) is 11.3. The van der Waals surface area contributed by atoms with E-state index in [1.165, 1.54) is 12.8 Å². The van der Waals surface area contributed by atoms with Gasteiger partial charge in [-0.15, -0.1) is 0 Å². The van der Waals surface area contributed by atoms with Crippen LogP contribution in [0.25, 0.3) is 0 Å². The Balaban J connectivity index is 0.00000172. The Bertz CT molecular complexity index is 358. The molecule has 0 bridgehead atoms. The van der Waals surface area contributed by atoms with Crippen molar-refractivity contribution in [2.45, 2.75) is 54.1 Å². The number of hydrogen-bond acceptors (Lipinski definition) is 3. The Kier molecular flexibility index (Phi) is 10.5. The number of ether oxygens (including phenoxy) is 1. The summed E-state index contributed by atoms with van der Waals surface area (Å²) >= 11 is 0. The number of esters is 1. The minimum atomic E-state index is -0.153. The molecular formula is C17H29NO2. The number of unbranched alkanes of at least 4 members (excludes halogenated alkanes) is 1. The fourth-order valence-corrected chi connectivity index (χ4v) is 1.45. The van der Waals surface area contributed by atoms with Crippen molar-refractivity contribution >= 4 is 11.7 Å². The van der Waals surface area contributed by atoms with Crippen LogP contribution in [0.3, 0.4) is 0 Å². The summed E-state index contributed by atoms with van der Waals surface area (Å²) in [6.45, 7) is 11.2. The number of rotatable bonds is 7. The lowest BCUT2D eigenvalue weighted by Gasteiger charge is -2.09. The first-order valence-electron chi connectivity index (χ1n) is 7.63. The summed E-state index contributed by atoms with van der Waals surface area (Å²) < 4.78 is 5.17. The molecule has 1 aromatic rings. The number of hydrogen-bond donors (Lipinski definition) is 1. The number of nitrogens with one attached hydrogen (secondary N) is 1. The molecule has 0 aliphatic heterocycles. The first kappa shape index (κ1) is 18.5. The number of carbonyl (C=O) groups excluding carboxylic acids is 1. The molecule has 0 saturated carbocycles. The zero-order valence-corrected chi connectivity index (χ0v) is 13.5. The van der Waals surface area contributed by atoms with Gasteiger partial charge in [0.1, 0.15) is 6.61 Å². The summed E-state index contributed by atoms with van der Waals surface area (Å²) in [5.74, 6) is -0.222. The fraction of sp³-hybridized carbons (Fsp3) is 0.588. The van der Waals surface area contributed by atoms with E-state index in [4.69, 9.17) is 4.74 Å². The lowest BCUT2D eigenvalue weighted by Crippen LogP contribution is -2.11. The minimum absolute atomic E-state index is 0.0695. The van der Waals surface area contributed by atoms with Crippen molar-refractivity contribution in [3.05, 3.63) is 29.8 Å². The molecule has 1 rings (SSSR count). The molecule has 1 N–H and O–H groups in total. The Morgan fingerprint density at radius 3 is 2.30 bits per heavy atom. The van der Waals surface area contributed by atoms with Crippen molar-refractivity contribution < 1.29 is 9.53 Å². The van der Waals surface area contributed by atoms with Crippen LogP contribution in [0.5, 0.6) is 0 Å². The zero-order chi connectivity index (χ0) is 15.4. The molecule has 3 nitrogen and oxygen atoms in total. The number of benzene rings is 1. The Morgan fingerprint density at radius 1 is 1.20 bits per heavy atom. The van der Waals surface area contributed by atoms with E-state index in [0.717, 1.165) is 17.8 Å². The smallest absolute Gasteiger partial charge is 0.308 e. The van der Waals surface area contributed by atoms with Gasteiger partial charge in [-0.3, -0.25) is 4.79 Å². The zero-order valence-electron chi connectivity index (χ0n) is 13.5. The standard InChI is InChI=1S/C15H23NO2.C2H6/c1-4-5-10-16-14-8-6-13(7-9-14)11-18-15(17)12(2)3;1-2/h6-9,12,16H,4-5,10-11H2,1-3H3;1-2H3. The summed E-state index contributed by atoms with van der Waals surface area (Å²) in [7, 11) is 0. The van der Waals surface area contributed by atoms with Gasteiger partial charge >= 0.3 is 5.97 Å². The van der Waals surface area contributed by atoms with Gasteiger partial charge in [-0.05, 0) is 24.1 Å². The summed E-state index contributed by atoms with van der Waals surface area (Å²) in [5, 5.41) is 3.35. The van der Waals surface area contributed by atoms with Crippen molar-refractivity contribution in [1.82, 2.24) is 0 Å². The van der Waals surface area contributed by atoms with Crippen molar-refractivity contribution in [1.29, 1.82) is 0 Å². The van der Waals surface area contributed by atoms with Crippen LogP contribution in [0.2, 0.25) is 0 Å². The first-order chi connectivity index (χ1) is 9.63. The highest BCUT2D eigenvalue weighted by Gasteiger charge is 2.07. The van der Waals surface area contributed by atoms with E-state index in [-0.39, 0.29) is 11.9 Å². The number of carbonyl (C=O) groups is 1. The van der Waals surface area contributed by atoms with Gasteiger partial charge in [0, 0.05) is 12.2 Å². The maximum Gasteiger partial charge on any atom is 0.308 e. The Labute approximate surface area is 123 Å². The van der Waals surface area contributed by atoms with Gasteiger partial charge in [-0.25, -0.2) is 0 Å². The van der Waals surface area contributed by atoms with Gasteiger partial charge in [0.05, 0.1) is 5.92 Å². The third-order valence-corrected chi connectivity index (χ3v) is 2.67. The normalized spacial score (nSPS) is 9.70. The summed E-state index contributed by atoms with van der Waals surface area (Å²) in [5.41, 5.74) is 2.13. The highest BCUT2D eigenvalue weighted by atomic mass is 16.5. The van der Waals surface area contributed by atoms with Crippen LogP contribution in [0.15, 0.2) is 24.3 Å². The van der Waals surface area contributed by atoms with Crippen LogP contribution in [0.4, 0.5) is 5.69 Å². The topological polar surface area (TPSA) is 38.3 Å². The van der Waals surface area contributed by atoms with Gasteiger partial charge in [0.25, 0.3) is 0 Å². The van der Waals surface area contributed by atoms with Crippen molar-refractivity contribution in [3.63, 3.8) is 0 Å². The lowest BCUT2D eigenvalue weighted by molar-refractivity contribution is -0.148. The quantitative estimate of drug-likeness (QED) is 0.584. The molecule has 0 amide bonds. The van der Waals surface area contributed by atoms with Gasteiger partial charge in [0.2, 0.25) is 0 Å². The molecule has 0 radical (unpaired) electrons. The molecule has 0 atom stereocenters. The molecule has 0 aliphatic rings. The van der Waals surface area contributed by atoms with E-state index in [0.29, 0.717) is 6.61 Å². The van der Waals surface area contributed by atoms with Crippen LogP contribution < -0.4 is 5.32 Å². The van der Waals surface area contributed by atoms with Crippen LogP contribution >= 0.6 is 0 Å². The molecule has 0 saturated heterocycles. The molecule has 0 fully saturated rings. The van der Waals surface area contributed by atoms with Crippen molar-refractivity contribution in [3.8, 4) is 0 Å². The Morgan fingerprint density at radius 2 is 1.80 bits per heavy atom. The maximum absolute atomic E-state index is 11.3. The third kappa shape index (κ3) is 7.82. The SMILES string of the molecule is CC.CCCCNc1ccc(COC(=O)C(C)C)cc1. The van der Waals surface area contributed by atoms with E-state index in [9.17, 15) is 4.79 Å². The predicted molar refractivity (Wildman–Crippen MR) is 85.8 cm³/mol. The van der Waals surface area contributed by atoms with Gasteiger partial charge < -0.3 is 10.1 Å². The third-order valence-electron chi connectivity index (χ3n) is 2.67. The average Bonchev–Trinajstić information content (AvgIpc) is 2.48. The van der Waals surface area contributed by atoms with Gasteiger partial charge in [-0.1, -0.05) is 53.2 Å². The van der Waals surface area contributed by atoms with Crippen molar-refractivity contribution in [2.24, 2.45) is 5.92 Å². The minimum Gasteiger partial charge on any atom is -0.461 e. The first-order valence-corrected chi connectivity index (χ1v) is 7.63. The lowest BCUT2D eigenvalue weighted by atomic mass is 10.2. The fourth-order valence-electron chi connectivity index (χ4n) is 1.45. The van der Waals surface area contributed by atoms with Crippen LogP contribution in [-0.4, -0.2) is 12.5 Å². The molecule has 0 aliphatic carbocycles. The van der Waals surface area contributed by atoms with E-state index in [1.54, 1.807) is 0 Å². The summed E-state index contributed by atoms with van der Waals surface area (Å²) in [6.07, 6.45) is 2.37. The van der Waals surface area contributed by atoms with Gasteiger partial charge in [0.15, 0.2) is 0 Å². The monoisotopic (exact) mass is 279 g/mol. The van der Waals surface area contributed by atoms with Gasteiger partial charge in [-0.2, -0.15) is 0 Å².